The SMILES string of the molecule is CCc1ccccc1NC(=O)CSc1nnc(CCNC(=O)c2ccc(OC)cc2)n1CC. The number of ether oxygens (including phenoxy) is 1. The lowest BCUT2D eigenvalue weighted by atomic mass is 10.1. The van der Waals surface area contributed by atoms with Crippen LogP contribution in [0.4, 0.5) is 5.69 Å². The van der Waals surface area contributed by atoms with Crippen molar-refractivity contribution in [3.05, 3.63) is 65.5 Å². The third-order valence-electron chi connectivity index (χ3n) is 5.10. The number of carbonyl (C=O) groups is 2. The highest BCUT2D eigenvalue weighted by atomic mass is 32.2. The number of hydrogen-bond donors (Lipinski definition) is 2. The Bertz CT molecular complexity index is 1080. The van der Waals surface area contributed by atoms with Crippen LogP contribution in [0.15, 0.2) is 53.7 Å². The number of nitrogens with one attached hydrogen (secondary N) is 2. The van der Waals surface area contributed by atoms with Crippen LogP contribution >= 0.6 is 11.8 Å². The van der Waals surface area contributed by atoms with Gasteiger partial charge in [-0.05, 0) is 49.2 Å². The number of rotatable bonds is 11. The highest BCUT2D eigenvalue weighted by Gasteiger charge is 2.14. The van der Waals surface area contributed by atoms with Crippen LogP contribution in [-0.4, -0.2) is 46.0 Å². The van der Waals surface area contributed by atoms with Crippen LogP contribution in [0.1, 0.15) is 35.6 Å². The number of carbonyl (C=O) groups excluding carboxylic acids is 2. The Kier molecular flexibility index (Phi) is 8.88. The molecule has 33 heavy (non-hydrogen) atoms. The Morgan fingerprint density at radius 2 is 1.82 bits per heavy atom. The van der Waals surface area contributed by atoms with Crippen molar-refractivity contribution in [3.8, 4) is 5.75 Å². The monoisotopic (exact) mass is 467 g/mol. The normalized spacial score (nSPS) is 10.6. The average Bonchev–Trinajstić information content (AvgIpc) is 3.24. The van der Waals surface area contributed by atoms with Gasteiger partial charge in [-0.25, -0.2) is 0 Å². The van der Waals surface area contributed by atoms with Gasteiger partial charge in [-0.2, -0.15) is 0 Å². The lowest BCUT2D eigenvalue weighted by molar-refractivity contribution is -0.113. The molecule has 0 aliphatic heterocycles. The maximum Gasteiger partial charge on any atom is 0.251 e. The van der Waals surface area contributed by atoms with Crippen LogP contribution < -0.4 is 15.4 Å². The van der Waals surface area contributed by atoms with Crippen molar-refractivity contribution in [2.75, 3.05) is 24.7 Å². The molecule has 1 aromatic heterocycles. The zero-order chi connectivity index (χ0) is 23.6. The van der Waals surface area contributed by atoms with Crippen molar-refractivity contribution >= 4 is 29.3 Å². The summed E-state index contributed by atoms with van der Waals surface area (Å²) in [7, 11) is 1.59. The molecule has 9 heteroatoms. The van der Waals surface area contributed by atoms with Crippen LogP contribution in [0, 0.1) is 0 Å². The second-order valence-corrected chi connectivity index (χ2v) is 8.17. The summed E-state index contributed by atoms with van der Waals surface area (Å²) in [6.45, 7) is 5.17. The topological polar surface area (TPSA) is 98.1 Å². The highest BCUT2D eigenvalue weighted by molar-refractivity contribution is 7.99. The van der Waals surface area contributed by atoms with E-state index in [4.69, 9.17) is 4.74 Å². The van der Waals surface area contributed by atoms with Crippen molar-refractivity contribution in [2.24, 2.45) is 0 Å². The molecular formula is C24H29N5O3S. The Labute approximate surface area is 198 Å². The van der Waals surface area contributed by atoms with Crippen LogP contribution in [0.2, 0.25) is 0 Å². The molecular weight excluding hydrogens is 438 g/mol. The zero-order valence-electron chi connectivity index (χ0n) is 19.1. The van der Waals surface area contributed by atoms with Gasteiger partial charge < -0.3 is 19.9 Å². The molecule has 2 aromatic carbocycles. The lowest BCUT2D eigenvalue weighted by Crippen LogP contribution is -2.26. The molecule has 0 spiro atoms. The molecule has 0 saturated carbocycles. The van der Waals surface area contributed by atoms with E-state index in [-0.39, 0.29) is 17.6 Å². The molecule has 0 aliphatic carbocycles. The number of amides is 2. The van der Waals surface area contributed by atoms with Gasteiger partial charge >= 0.3 is 0 Å². The number of methoxy groups -OCH3 is 1. The summed E-state index contributed by atoms with van der Waals surface area (Å²) in [5, 5.41) is 15.1. The number of hydrogen-bond acceptors (Lipinski definition) is 6. The van der Waals surface area contributed by atoms with Crippen LogP contribution in [0.25, 0.3) is 0 Å². The number of anilines is 1. The van der Waals surface area contributed by atoms with Gasteiger partial charge in [0, 0.05) is 30.8 Å². The van der Waals surface area contributed by atoms with E-state index >= 15 is 0 Å². The molecule has 0 radical (unpaired) electrons. The number of benzene rings is 2. The smallest absolute Gasteiger partial charge is 0.251 e. The van der Waals surface area contributed by atoms with E-state index in [1.54, 1.807) is 31.4 Å². The first-order valence-electron chi connectivity index (χ1n) is 10.9. The molecule has 3 aromatic rings. The lowest BCUT2D eigenvalue weighted by Gasteiger charge is -2.10. The van der Waals surface area contributed by atoms with E-state index in [9.17, 15) is 9.59 Å². The average molecular weight is 468 g/mol. The minimum atomic E-state index is -0.154. The fourth-order valence-electron chi connectivity index (χ4n) is 3.33. The molecule has 0 saturated heterocycles. The zero-order valence-corrected chi connectivity index (χ0v) is 19.9. The van der Waals surface area contributed by atoms with Gasteiger partial charge in [0.05, 0.1) is 12.9 Å². The quantitative estimate of drug-likeness (QED) is 0.419. The van der Waals surface area contributed by atoms with E-state index in [1.807, 2.05) is 35.8 Å². The van der Waals surface area contributed by atoms with Crippen LogP contribution in [0.3, 0.4) is 0 Å². The van der Waals surface area contributed by atoms with E-state index < -0.39 is 0 Å². The fraction of sp³-hybridized carbons (Fsp3) is 0.333. The Morgan fingerprint density at radius 3 is 2.52 bits per heavy atom. The number of aromatic nitrogens is 3. The third-order valence-corrected chi connectivity index (χ3v) is 6.07. The summed E-state index contributed by atoms with van der Waals surface area (Å²) >= 11 is 1.35. The summed E-state index contributed by atoms with van der Waals surface area (Å²) in [6, 6.07) is 14.8. The van der Waals surface area contributed by atoms with Crippen LogP contribution in [0.5, 0.6) is 5.75 Å². The standard InChI is InChI=1S/C24H29N5O3S/c1-4-17-8-6-7-9-20(17)26-22(30)16-33-24-28-27-21(29(24)5-2)14-15-25-23(31)18-10-12-19(32-3)13-11-18/h6-13H,4-5,14-16H2,1-3H3,(H,25,31)(H,26,30). The fourth-order valence-corrected chi connectivity index (χ4v) is 4.15. The highest BCUT2D eigenvalue weighted by Crippen LogP contribution is 2.20. The summed E-state index contributed by atoms with van der Waals surface area (Å²) in [6.07, 6.45) is 1.39. The first-order valence-corrected chi connectivity index (χ1v) is 11.9. The number of nitrogens with zero attached hydrogens (tertiary/aromatic N) is 3. The number of para-hydroxylation sites is 1. The molecule has 0 fully saturated rings. The summed E-state index contributed by atoms with van der Waals surface area (Å²) in [5.41, 5.74) is 2.52. The number of thioether (sulfide) groups is 1. The number of aryl methyl sites for hydroxylation is 1. The van der Waals surface area contributed by atoms with Gasteiger partial charge in [-0.15, -0.1) is 10.2 Å². The van der Waals surface area contributed by atoms with E-state index in [2.05, 4.69) is 27.8 Å². The minimum absolute atomic E-state index is 0.0835. The first kappa shape index (κ1) is 24.3. The first-order chi connectivity index (χ1) is 16.0. The molecule has 2 N–H and O–H groups in total. The predicted molar refractivity (Wildman–Crippen MR) is 130 cm³/mol. The molecule has 0 unspecified atom stereocenters. The Hall–Kier alpha value is -3.33. The molecule has 0 bridgehead atoms. The van der Waals surface area contributed by atoms with E-state index in [0.29, 0.717) is 36.0 Å². The van der Waals surface area contributed by atoms with Gasteiger partial charge in [-0.3, -0.25) is 9.59 Å². The van der Waals surface area contributed by atoms with Gasteiger partial charge in [0.1, 0.15) is 11.6 Å². The minimum Gasteiger partial charge on any atom is -0.497 e. The molecule has 174 valence electrons. The van der Waals surface area contributed by atoms with Gasteiger partial charge in [0.15, 0.2) is 5.16 Å². The van der Waals surface area contributed by atoms with Crippen molar-refractivity contribution in [1.82, 2.24) is 20.1 Å². The Balaban J connectivity index is 1.51. The summed E-state index contributed by atoms with van der Waals surface area (Å²) in [4.78, 5) is 24.8. The second kappa shape index (κ2) is 12.1. The maximum atomic E-state index is 12.4. The maximum absolute atomic E-state index is 12.4. The van der Waals surface area contributed by atoms with Crippen molar-refractivity contribution in [1.29, 1.82) is 0 Å². The van der Waals surface area contributed by atoms with Gasteiger partial charge in [0.2, 0.25) is 5.91 Å². The van der Waals surface area contributed by atoms with Crippen molar-refractivity contribution < 1.29 is 14.3 Å². The van der Waals surface area contributed by atoms with Gasteiger partial charge in [0.25, 0.3) is 5.91 Å². The largest absolute Gasteiger partial charge is 0.497 e. The van der Waals surface area contributed by atoms with E-state index in [1.165, 1.54) is 11.8 Å². The summed E-state index contributed by atoms with van der Waals surface area (Å²) in [5.74, 6) is 1.48. The van der Waals surface area contributed by atoms with E-state index in [0.717, 1.165) is 23.5 Å². The molecule has 0 aliphatic rings. The second-order valence-electron chi connectivity index (χ2n) is 7.23. The van der Waals surface area contributed by atoms with Gasteiger partial charge in [-0.1, -0.05) is 36.9 Å². The molecule has 2 amide bonds. The van der Waals surface area contributed by atoms with Crippen molar-refractivity contribution in [2.45, 2.75) is 38.4 Å². The predicted octanol–water partition coefficient (Wildman–Crippen LogP) is 3.57. The molecule has 8 nitrogen and oxygen atoms in total. The Morgan fingerprint density at radius 1 is 1.06 bits per heavy atom. The molecule has 3 rings (SSSR count). The third kappa shape index (κ3) is 6.58. The van der Waals surface area contributed by atoms with Crippen molar-refractivity contribution in [3.63, 3.8) is 0 Å². The molecule has 0 atom stereocenters. The molecule has 1 heterocycles. The van der Waals surface area contributed by atoms with Crippen LogP contribution in [-0.2, 0) is 24.2 Å². The summed E-state index contributed by atoms with van der Waals surface area (Å²) < 4.78 is 7.08.